The SMILES string of the molecule is Cc1[nH]c2c(F)cccc2c1CC(=O)NCc1ccc(-n2ccnc2C)cc1. The third kappa shape index (κ3) is 3.41. The van der Waals surface area contributed by atoms with Crippen LogP contribution in [0.5, 0.6) is 0 Å². The van der Waals surface area contributed by atoms with Gasteiger partial charge < -0.3 is 14.9 Å². The second kappa shape index (κ2) is 7.31. The monoisotopic (exact) mass is 376 g/mol. The highest BCUT2D eigenvalue weighted by molar-refractivity contribution is 5.90. The number of carbonyl (C=O) groups is 1. The molecule has 0 fully saturated rings. The first-order chi connectivity index (χ1) is 13.5. The number of imidazole rings is 1. The van der Waals surface area contributed by atoms with Crippen LogP contribution in [0.4, 0.5) is 4.39 Å². The number of H-pyrrole nitrogens is 1. The van der Waals surface area contributed by atoms with Crippen LogP contribution in [0, 0.1) is 19.7 Å². The molecule has 0 spiro atoms. The number of fused-ring (bicyclic) bond motifs is 1. The smallest absolute Gasteiger partial charge is 0.224 e. The van der Waals surface area contributed by atoms with E-state index in [1.807, 2.05) is 54.9 Å². The Bertz CT molecular complexity index is 1140. The van der Waals surface area contributed by atoms with E-state index in [0.29, 0.717) is 12.1 Å². The van der Waals surface area contributed by atoms with Gasteiger partial charge in [0.25, 0.3) is 0 Å². The fourth-order valence-electron chi connectivity index (χ4n) is 3.44. The van der Waals surface area contributed by atoms with Gasteiger partial charge in [-0.15, -0.1) is 0 Å². The fraction of sp³-hybridized carbons (Fsp3) is 0.182. The maximum atomic E-state index is 13.9. The van der Waals surface area contributed by atoms with Crippen LogP contribution in [0.1, 0.15) is 22.6 Å². The molecule has 5 nitrogen and oxygen atoms in total. The van der Waals surface area contributed by atoms with Gasteiger partial charge in [-0.1, -0.05) is 24.3 Å². The zero-order chi connectivity index (χ0) is 19.7. The summed E-state index contributed by atoms with van der Waals surface area (Å²) in [6.45, 7) is 4.25. The van der Waals surface area contributed by atoms with Gasteiger partial charge in [0, 0.05) is 35.7 Å². The third-order valence-electron chi connectivity index (χ3n) is 4.97. The van der Waals surface area contributed by atoms with Gasteiger partial charge in [-0.05, 0) is 43.2 Å². The zero-order valence-corrected chi connectivity index (χ0v) is 15.8. The summed E-state index contributed by atoms with van der Waals surface area (Å²) in [5.74, 6) is 0.523. The lowest BCUT2D eigenvalue weighted by Gasteiger charge is -2.08. The molecule has 6 heteroatoms. The predicted molar refractivity (Wildman–Crippen MR) is 107 cm³/mol. The van der Waals surface area contributed by atoms with Crippen molar-refractivity contribution < 1.29 is 9.18 Å². The van der Waals surface area contributed by atoms with Crippen molar-refractivity contribution >= 4 is 16.8 Å². The predicted octanol–water partition coefficient (Wildman–Crippen LogP) is 3.97. The van der Waals surface area contributed by atoms with Crippen LogP contribution in [0.15, 0.2) is 54.9 Å². The maximum absolute atomic E-state index is 13.9. The molecule has 1 amide bonds. The van der Waals surface area contributed by atoms with Crippen LogP contribution in [-0.4, -0.2) is 20.4 Å². The van der Waals surface area contributed by atoms with Crippen molar-refractivity contribution in [2.45, 2.75) is 26.8 Å². The Morgan fingerprint density at radius 3 is 2.68 bits per heavy atom. The molecular weight excluding hydrogens is 355 g/mol. The largest absolute Gasteiger partial charge is 0.356 e. The molecule has 2 N–H and O–H groups in total. The molecule has 0 aliphatic rings. The average molecular weight is 376 g/mol. The molecule has 0 aliphatic carbocycles. The van der Waals surface area contributed by atoms with E-state index in [-0.39, 0.29) is 18.1 Å². The van der Waals surface area contributed by atoms with Crippen molar-refractivity contribution in [2.24, 2.45) is 0 Å². The van der Waals surface area contributed by atoms with Crippen molar-refractivity contribution in [1.29, 1.82) is 0 Å². The Balaban J connectivity index is 1.42. The van der Waals surface area contributed by atoms with Gasteiger partial charge in [-0.2, -0.15) is 0 Å². The van der Waals surface area contributed by atoms with Crippen LogP contribution in [0.2, 0.25) is 0 Å². The molecule has 0 unspecified atom stereocenters. The van der Waals surface area contributed by atoms with Gasteiger partial charge in [0.2, 0.25) is 5.91 Å². The van der Waals surface area contributed by atoms with Gasteiger partial charge >= 0.3 is 0 Å². The highest BCUT2D eigenvalue weighted by atomic mass is 19.1. The minimum Gasteiger partial charge on any atom is -0.356 e. The van der Waals surface area contributed by atoms with Crippen LogP contribution in [0.25, 0.3) is 16.6 Å². The minimum absolute atomic E-state index is 0.0946. The number of benzene rings is 2. The van der Waals surface area contributed by atoms with E-state index in [0.717, 1.165) is 33.7 Å². The van der Waals surface area contributed by atoms with Gasteiger partial charge in [-0.25, -0.2) is 9.37 Å². The molecule has 0 saturated heterocycles. The summed E-state index contributed by atoms with van der Waals surface area (Å²) in [4.78, 5) is 19.7. The minimum atomic E-state index is -0.305. The number of halogens is 1. The summed E-state index contributed by atoms with van der Waals surface area (Å²) < 4.78 is 15.9. The number of amides is 1. The van der Waals surface area contributed by atoms with Crippen molar-refractivity contribution in [3.8, 4) is 5.69 Å². The lowest BCUT2D eigenvalue weighted by atomic mass is 10.1. The van der Waals surface area contributed by atoms with Crippen LogP contribution >= 0.6 is 0 Å². The van der Waals surface area contributed by atoms with Crippen LogP contribution < -0.4 is 5.32 Å². The number of nitrogens with zero attached hydrogens (tertiary/aromatic N) is 2. The number of hydrogen-bond donors (Lipinski definition) is 2. The molecule has 0 aliphatic heterocycles. The number of aromatic nitrogens is 3. The topological polar surface area (TPSA) is 62.7 Å². The summed E-state index contributed by atoms with van der Waals surface area (Å²) in [5, 5.41) is 3.70. The van der Waals surface area contributed by atoms with Crippen molar-refractivity contribution in [1.82, 2.24) is 19.9 Å². The molecule has 4 aromatic rings. The lowest BCUT2D eigenvalue weighted by Crippen LogP contribution is -2.24. The van der Waals surface area contributed by atoms with E-state index in [1.165, 1.54) is 6.07 Å². The Morgan fingerprint density at radius 2 is 1.96 bits per heavy atom. The Morgan fingerprint density at radius 1 is 1.18 bits per heavy atom. The molecule has 28 heavy (non-hydrogen) atoms. The molecule has 142 valence electrons. The number of para-hydroxylation sites is 1. The average Bonchev–Trinajstić information content (AvgIpc) is 3.25. The van der Waals surface area contributed by atoms with Crippen LogP contribution in [0.3, 0.4) is 0 Å². The summed E-state index contributed by atoms with van der Waals surface area (Å²) in [6.07, 6.45) is 3.89. The quantitative estimate of drug-likeness (QED) is 0.554. The highest BCUT2D eigenvalue weighted by Gasteiger charge is 2.14. The fourth-order valence-corrected chi connectivity index (χ4v) is 3.44. The Hall–Kier alpha value is -3.41. The molecular formula is C22H21FN4O. The summed E-state index contributed by atoms with van der Waals surface area (Å²) in [6, 6.07) is 12.9. The molecule has 2 heterocycles. The lowest BCUT2D eigenvalue weighted by molar-refractivity contribution is -0.120. The molecule has 2 aromatic carbocycles. The molecule has 0 atom stereocenters. The first kappa shape index (κ1) is 18.0. The summed E-state index contributed by atoms with van der Waals surface area (Å²) >= 11 is 0. The van der Waals surface area contributed by atoms with Gasteiger partial charge in [-0.3, -0.25) is 4.79 Å². The van der Waals surface area contributed by atoms with Crippen molar-refractivity contribution in [3.63, 3.8) is 0 Å². The molecule has 4 rings (SSSR count). The molecule has 2 aromatic heterocycles. The highest BCUT2D eigenvalue weighted by Crippen LogP contribution is 2.24. The van der Waals surface area contributed by atoms with Gasteiger partial charge in [0.15, 0.2) is 0 Å². The number of carbonyl (C=O) groups excluding carboxylic acids is 1. The van der Waals surface area contributed by atoms with Crippen molar-refractivity contribution in [3.05, 3.63) is 83.3 Å². The van der Waals surface area contributed by atoms with E-state index in [2.05, 4.69) is 15.3 Å². The second-order valence-electron chi connectivity index (χ2n) is 6.86. The molecule has 0 bridgehead atoms. The maximum Gasteiger partial charge on any atom is 0.224 e. The second-order valence-corrected chi connectivity index (χ2v) is 6.86. The summed E-state index contributed by atoms with van der Waals surface area (Å²) in [5.41, 5.74) is 4.14. The number of hydrogen-bond acceptors (Lipinski definition) is 2. The van der Waals surface area contributed by atoms with E-state index in [9.17, 15) is 9.18 Å². The number of aryl methyl sites for hydroxylation is 2. The first-order valence-corrected chi connectivity index (χ1v) is 9.14. The standard InChI is InChI=1S/C22H21FN4O/c1-14-19(18-4-3-5-20(23)22(18)26-14)12-21(28)25-13-16-6-8-17(9-7-16)27-11-10-24-15(27)2/h3-11,26H,12-13H2,1-2H3,(H,25,28). The third-order valence-corrected chi connectivity index (χ3v) is 4.97. The van der Waals surface area contributed by atoms with Gasteiger partial charge in [0.05, 0.1) is 11.9 Å². The first-order valence-electron chi connectivity index (χ1n) is 9.14. The number of aromatic amines is 1. The Labute approximate surface area is 162 Å². The van der Waals surface area contributed by atoms with Crippen LogP contribution in [-0.2, 0) is 17.8 Å². The van der Waals surface area contributed by atoms with E-state index in [1.54, 1.807) is 12.3 Å². The van der Waals surface area contributed by atoms with E-state index < -0.39 is 0 Å². The van der Waals surface area contributed by atoms with Crippen molar-refractivity contribution in [2.75, 3.05) is 0 Å². The van der Waals surface area contributed by atoms with E-state index in [4.69, 9.17) is 0 Å². The molecule has 0 saturated carbocycles. The molecule has 0 radical (unpaired) electrons. The number of rotatable bonds is 5. The summed E-state index contributed by atoms with van der Waals surface area (Å²) in [7, 11) is 0. The number of nitrogens with one attached hydrogen (secondary N) is 2. The normalized spacial score (nSPS) is 11.1. The van der Waals surface area contributed by atoms with E-state index >= 15 is 0 Å². The Kier molecular flexibility index (Phi) is 4.69. The van der Waals surface area contributed by atoms with Gasteiger partial charge in [0.1, 0.15) is 11.6 Å². The zero-order valence-electron chi connectivity index (χ0n) is 15.8.